The molecule has 7 nitrogen and oxygen atoms in total. The van der Waals surface area contributed by atoms with Crippen LogP contribution in [0.2, 0.25) is 0 Å². The van der Waals surface area contributed by atoms with Crippen LogP contribution in [0.3, 0.4) is 0 Å². The second kappa shape index (κ2) is 6.22. The van der Waals surface area contributed by atoms with Crippen molar-refractivity contribution in [2.75, 3.05) is 32.5 Å². The number of hydrogen-bond donors (Lipinski definition) is 1. The lowest BCUT2D eigenvalue weighted by molar-refractivity contribution is -0.121. The van der Waals surface area contributed by atoms with Gasteiger partial charge < -0.3 is 15.1 Å². The summed E-state index contributed by atoms with van der Waals surface area (Å²) in [6.07, 6.45) is 4.54. The van der Waals surface area contributed by atoms with Crippen LogP contribution in [0.15, 0.2) is 0 Å². The molecule has 3 rings (SSSR count). The number of anilines is 1. The second-order valence-corrected chi connectivity index (χ2v) is 6.68. The number of urea groups is 1. The van der Waals surface area contributed by atoms with Gasteiger partial charge in [-0.2, -0.15) is 5.10 Å². The van der Waals surface area contributed by atoms with Gasteiger partial charge in [0, 0.05) is 45.7 Å². The van der Waals surface area contributed by atoms with E-state index >= 15 is 0 Å². The Kier molecular flexibility index (Phi) is 4.28. The first kappa shape index (κ1) is 15.8. The fraction of sp³-hybridized carbons (Fsp3) is 0.688. The lowest BCUT2D eigenvalue weighted by Crippen LogP contribution is -2.45. The first-order chi connectivity index (χ1) is 11.0. The summed E-state index contributed by atoms with van der Waals surface area (Å²) >= 11 is 0. The Bertz CT molecular complexity index is 614. The number of amides is 3. The zero-order valence-corrected chi connectivity index (χ0v) is 14.1. The standard InChI is InChI=1S/C16H25N5O2/c1-19(2)16(23)21-9-7-11(8-10-21)15(22)17-14-12-5-4-6-13(12)18-20(14)3/h11H,4-10H2,1-3H3,(H,17,22). The highest BCUT2D eigenvalue weighted by Crippen LogP contribution is 2.29. The smallest absolute Gasteiger partial charge is 0.319 e. The average molecular weight is 319 g/mol. The van der Waals surface area contributed by atoms with E-state index in [4.69, 9.17) is 0 Å². The topological polar surface area (TPSA) is 70.5 Å². The molecular formula is C16H25N5O2. The average Bonchev–Trinajstić information content (AvgIpc) is 3.09. The number of hydrogen-bond acceptors (Lipinski definition) is 3. The molecule has 1 N–H and O–H groups in total. The Morgan fingerprint density at radius 3 is 2.57 bits per heavy atom. The monoisotopic (exact) mass is 319 g/mol. The highest BCUT2D eigenvalue weighted by atomic mass is 16.2. The van der Waals surface area contributed by atoms with E-state index in [-0.39, 0.29) is 17.9 Å². The van der Waals surface area contributed by atoms with Crippen molar-refractivity contribution in [2.45, 2.75) is 32.1 Å². The van der Waals surface area contributed by atoms with Crippen LogP contribution in [-0.2, 0) is 24.7 Å². The Balaban J connectivity index is 1.59. The molecule has 2 aliphatic rings. The molecule has 126 valence electrons. The molecule has 2 heterocycles. The predicted octanol–water partition coefficient (Wildman–Crippen LogP) is 1.24. The van der Waals surface area contributed by atoms with E-state index in [2.05, 4.69) is 10.4 Å². The third kappa shape index (κ3) is 3.04. The van der Waals surface area contributed by atoms with Crippen molar-refractivity contribution < 1.29 is 9.59 Å². The van der Waals surface area contributed by atoms with Gasteiger partial charge >= 0.3 is 6.03 Å². The highest BCUT2D eigenvalue weighted by molar-refractivity contribution is 5.92. The zero-order chi connectivity index (χ0) is 16.6. The minimum absolute atomic E-state index is 0.0216. The van der Waals surface area contributed by atoms with Gasteiger partial charge in [0.15, 0.2) is 0 Å². The highest BCUT2D eigenvalue weighted by Gasteiger charge is 2.30. The SMILES string of the molecule is CN(C)C(=O)N1CCC(C(=O)Nc2c3c(nn2C)CCC3)CC1. The molecule has 1 aromatic rings. The summed E-state index contributed by atoms with van der Waals surface area (Å²) in [6.45, 7) is 1.27. The van der Waals surface area contributed by atoms with Crippen molar-refractivity contribution in [2.24, 2.45) is 13.0 Å². The molecule has 1 aliphatic heterocycles. The van der Waals surface area contributed by atoms with Crippen molar-refractivity contribution >= 4 is 17.8 Å². The number of carbonyl (C=O) groups excluding carboxylic acids is 2. The number of fused-ring (bicyclic) bond motifs is 1. The molecule has 3 amide bonds. The number of likely N-dealkylation sites (tertiary alicyclic amines) is 1. The van der Waals surface area contributed by atoms with E-state index in [1.165, 1.54) is 5.56 Å². The van der Waals surface area contributed by atoms with Gasteiger partial charge in [-0.1, -0.05) is 0 Å². The van der Waals surface area contributed by atoms with E-state index < -0.39 is 0 Å². The fourth-order valence-electron chi connectivity index (χ4n) is 3.51. The number of aryl methyl sites for hydroxylation is 2. The number of nitrogens with zero attached hydrogens (tertiary/aromatic N) is 4. The molecular weight excluding hydrogens is 294 g/mol. The Hall–Kier alpha value is -2.05. The third-order valence-corrected chi connectivity index (χ3v) is 4.83. The van der Waals surface area contributed by atoms with E-state index in [1.54, 1.807) is 23.7 Å². The van der Waals surface area contributed by atoms with Crippen LogP contribution in [0, 0.1) is 5.92 Å². The van der Waals surface area contributed by atoms with Crippen LogP contribution >= 0.6 is 0 Å². The first-order valence-electron chi connectivity index (χ1n) is 8.29. The largest absolute Gasteiger partial charge is 0.331 e. The summed E-state index contributed by atoms with van der Waals surface area (Å²) in [4.78, 5) is 27.9. The lowest BCUT2D eigenvalue weighted by atomic mass is 9.96. The molecule has 0 bridgehead atoms. The molecule has 23 heavy (non-hydrogen) atoms. The number of aromatic nitrogens is 2. The fourth-order valence-corrected chi connectivity index (χ4v) is 3.51. The second-order valence-electron chi connectivity index (χ2n) is 6.68. The van der Waals surface area contributed by atoms with Crippen molar-refractivity contribution in [1.29, 1.82) is 0 Å². The lowest BCUT2D eigenvalue weighted by Gasteiger charge is -2.33. The molecule has 1 fully saturated rings. The third-order valence-electron chi connectivity index (χ3n) is 4.83. The molecule has 0 unspecified atom stereocenters. The first-order valence-corrected chi connectivity index (χ1v) is 8.29. The van der Waals surface area contributed by atoms with Crippen LogP contribution in [0.4, 0.5) is 10.6 Å². The van der Waals surface area contributed by atoms with Gasteiger partial charge in [0.1, 0.15) is 5.82 Å². The van der Waals surface area contributed by atoms with Crippen LogP contribution in [0.25, 0.3) is 0 Å². The number of nitrogens with one attached hydrogen (secondary N) is 1. The van der Waals surface area contributed by atoms with Crippen molar-refractivity contribution in [1.82, 2.24) is 19.6 Å². The Labute approximate surface area is 136 Å². The zero-order valence-electron chi connectivity index (χ0n) is 14.1. The van der Waals surface area contributed by atoms with Gasteiger partial charge in [0.2, 0.25) is 5.91 Å². The number of rotatable bonds is 2. The van der Waals surface area contributed by atoms with Gasteiger partial charge in [-0.25, -0.2) is 4.79 Å². The summed E-state index contributed by atoms with van der Waals surface area (Å²) in [5.41, 5.74) is 2.32. The molecule has 0 spiro atoms. The molecule has 0 atom stereocenters. The van der Waals surface area contributed by atoms with E-state index in [0.29, 0.717) is 25.9 Å². The maximum atomic E-state index is 12.6. The van der Waals surface area contributed by atoms with Crippen LogP contribution < -0.4 is 5.32 Å². The maximum absolute atomic E-state index is 12.6. The predicted molar refractivity (Wildman–Crippen MR) is 87.2 cm³/mol. The van der Waals surface area contributed by atoms with Gasteiger partial charge in [-0.05, 0) is 32.1 Å². The molecule has 7 heteroatoms. The summed E-state index contributed by atoms with van der Waals surface area (Å²) in [7, 11) is 5.39. The van der Waals surface area contributed by atoms with Gasteiger partial charge in [0.05, 0.1) is 5.69 Å². The minimum Gasteiger partial charge on any atom is -0.331 e. The summed E-state index contributed by atoms with van der Waals surface area (Å²) < 4.78 is 1.78. The summed E-state index contributed by atoms with van der Waals surface area (Å²) in [6, 6.07) is 0.0216. The van der Waals surface area contributed by atoms with Gasteiger partial charge in [-0.3, -0.25) is 9.48 Å². The van der Waals surface area contributed by atoms with E-state index in [1.807, 2.05) is 11.9 Å². The number of carbonyl (C=O) groups is 2. The van der Waals surface area contributed by atoms with Crippen LogP contribution in [0.1, 0.15) is 30.5 Å². The van der Waals surface area contributed by atoms with Gasteiger partial charge in [0.25, 0.3) is 0 Å². The number of piperidine rings is 1. The van der Waals surface area contributed by atoms with Crippen LogP contribution in [-0.4, -0.2) is 58.7 Å². The van der Waals surface area contributed by atoms with Crippen LogP contribution in [0.5, 0.6) is 0 Å². The summed E-state index contributed by atoms with van der Waals surface area (Å²) in [5, 5.41) is 7.56. The molecule has 1 aromatic heterocycles. The Morgan fingerprint density at radius 1 is 1.22 bits per heavy atom. The normalized spacial score (nSPS) is 18.0. The van der Waals surface area contributed by atoms with Crippen molar-refractivity contribution in [3.8, 4) is 0 Å². The van der Waals surface area contributed by atoms with E-state index in [9.17, 15) is 9.59 Å². The molecule has 0 radical (unpaired) electrons. The molecule has 0 aromatic carbocycles. The van der Waals surface area contributed by atoms with Crippen molar-refractivity contribution in [3.05, 3.63) is 11.3 Å². The molecule has 1 aliphatic carbocycles. The quantitative estimate of drug-likeness (QED) is 0.891. The minimum atomic E-state index is -0.0341. The van der Waals surface area contributed by atoms with E-state index in [0.717, 1.165) is 30.8 Å². The Morgan fingerprint density at radius 2 is 1.91 bits per heavy atom. The maximum Gasteiger partial charge on any atom is 0.319 e. The van der Waals surface area contributed by atoms with Crippen molar-refractivity contribution in [3.63, 3.8) is 0 Å². The molecule has 0 saturated carbocycles. The molecule has 1 saturated heterocycles. The summed E-state index contributed by atoms with van der Waals surface area (Å²) in [5.74, 6) is 0.877. The van der Waals surface area contributed by atoms with Gasteiger partial charge in [-0.15, -0.1) is 0 Å².